The van der Waals surface area contributed by atoms with Crippen LogP contribution in [0.3, 0.4) is 0 Å². The van der Waals surface area contributed by atoms with E-state index in [0.717, 1.165) is 5.56 Å². The topological polar surface area (TPSA) is 9.23 Å². The molecule has 1 nitrogen and oxygen atoms in total. The molecule has 1 unspecified atom stereocenters. The van der Waals surface area contributed by atoms with Gasteiger partial charge in [-0.3, -0.25) is 0 Å². The summed E-state index contributed by atoms with van der Waals surface area (Å²) in [6.07, 6.45) is 0. The maximum absolute atomic E-state index is 13.8. The number of rotatable bonds is 3. The van der Waals surface area contributed by atoms with Crippen LogP contribution in [0.25, 0.3) is 0 Å². The van der Waals surface area contributed by atoms with E-state index in [1.807, 2.05) is 19.1 Å². The summed E-state index contributed by atoms with van der Waals surface area (Å²) >= 11 is 0. The monoisotopic (exact) mass is 196 g/mol. The van der Waals surface area contributed by atoms with Crippen molar-refractivity contribution < 1.29 is 9.13 Å². The first-order valence-corrected chi connectivity index (χ1v) is 4.90. The van der Waals surface area contributed by atoms with Crippen LogP contribution in [-0.2, 0) is 0 Å². The fraction of sp³-hybridized carbons (Fsp3) is 0.500. The third-order valence-corrected chi connectivity index (χ3v) is 2.70. The second kappa shape index (κ2) is 4.45. The Hall–Kier alpha value is -1.05. The normalized spacial score (nSPS) is 13.0. The fourth-order valence-corrected chi connectivity index (χ4v) is 1.40. The van der Waals surface area contributed by atoms with E-state index in [9.17, 15) is 4.39 Å². The summed E-state index contributed by atoms with van der Waals surface area (Å²) in [5.74, 6) is 0.743. The van der Waals surface area contributed by atoms with Crippen molar-refractivity contribution in [1.29, 1.82) is 0 Å². The first kappa shape index (κ1) is 11.0. The molecule has 0 aliphatic rings. The standard InChI is InChI=1S/C12H17FO/c1-8(2)9(3)10-6-5-7-11(14-4)12(10)13/h5-9H,1-4H3. The third-order valence-electron chi connectivity index (χ3n) is 2.70. The zero-order chi connectivity index (χ0) is 10.7. The van der Waals surface area contributed by atoms with Crippen molar-refractivity contribution >= 4 is 0 Å². The minimum Gasteiger partial charge on any atom is -0.494 e. The molecule has 0 saturated carbocycles. The second-order valence-electron chi connectivity index (χ2n) is 3.90. The number of methoxy groups -OCH3 is 1. The van der Waals surface area contributed by atoms with Gasteiger partial charge in [-0.25, -0.2) is 4.39 Å². The SMILES string of the molecule is COc1cccc(C(C)C(C)C)c1F. The Balaban J connectivity index is 3.09. The Morgan fingerprint density at radius 3 is 2.36 bits per heavy atom. The van der Waals surface area contributed by atoms with Crippen LogP contribution in [0.4, 0.5) is 4.39 Å². The van der Waals surface area contributed by atoms with Gasteiger partial charge in [0.25, 0.3) is 0 Å². The molecule has 0 fully saturated rings. The minimum atomic E-state index is -0.226. The van der Waals surface area contributed by atoms with E-state index in [2.05, 4.69) is 13.8 Å². The van der Waals surface area contributed by atoms with Gasteiger partial charge in [-0.1, -0.05) is 32.9 Å². The summed E-state index contributed by atoms with van der Waals surface area (Å²) in [4.78, 5) is 0. The van der Waals surface area contributed by atoms with Gasteiger partial charge in [-0.15, -0.1) is 0 Å². The molecule has 2 heteroatoms. The number of halogens is 1. The lowest BCUT2D eigenvalue weighted by Crippen LogP contribution is -2.05. The van der Waals surface area contributed by atoms with Gasteiger partial charge in [0.05, 0.1) is 7.11 Å². The number of ether oxygens (including phenoxy) is 1. The summed E-state index contributed by atoms with van der Waals surface area (Å²) in [6, 6.07) is 5.30. The van der Waals surface area contributed by atoms with Crippen molar-refractivity contribution in [3.8, 4) is 5.75 Å². The quantitative estimate of drug-likeness (QED) is 0.717. The van der Waals surface area contributed by atoms with Crippen molar-refractivity contribution in [2.75, 3.05) is 7.11 Å². The van der Waals surface area contributed by atoms with Crippen LogP contribution < -0.4 is 4.74 Å². The Labute approximate surface area is 84.9 Å². The number of hydrogen-bond acceptors (Lipinski definition) is 1. The average molecular weight is 196 g/mol. The van der Waals surface area contributed by atoms with Gasteiger partial charge in [-0.2, -0.15) is 0 Å². The Kier molecular flexibility index (Phi) is 3.50. The van der Waals surface area contributed by atoms with E-state index < -0.39 is 0 Å². The lowest BCUT2D eigenvalue weighted by molar-refractivity contribution is 0.379. The molecule has 0 heterocycles. The molecule has 1 atom stereocenters. The molecular formula is C12H17FO. The van der Waals surface area contributed by atoms with Crippen LogP contribution in [-0.4, -0.2) is 7.11 Å². The highest BCUT2D eigenvalue weighted by Crippen LogP contribution is 2.30. The van der Waals surface area contributed by atoms with E-state index in [0.29, 0.717) is 11.7 Å². The highest BCUT2D eigenvalue weighted by Gasteiger charge is 2.16. The third kappa shape index (κ3) is 2.06. The molecule has 1 rings (SSSR count). The van der Waals surface area contributed by atoms with E-state index in [4.69, 9.17) is 4.74 Å². The molecular weight excluding hydrogens is 179 g/mol. The minimum absolute atomic E-state index is 0.213. The van der Waals surface area contributed by atoms with Crippen LogP contribution in [0.5, 0.6) is 5.75 Å². The molecule has 1 aromatic rings. The van der Waals surface area contributed by atoms with Crippen molar-refractivity contribution in [2.24, 2.45) is 5.92 Å². The molecule has 0 N–H and O–H groups in total. The van der Waals surface area contributed by atoms with E-state index in [1.165, 1.54) is 7.11 Å². The van der Waals surface area contributed by atoms with Gasteiger partial charge < -0.3 is 4.74 Å². The largest absolute Gasteiger partial charge is 0.494 e. The van der Waals surface area contributed by atoms with Crippen LogP contribution in [0, 0.1) is 11.7 Å². The average Bonchev–Trinajstić information content (AvgIpc) is 2.17. The van der Waals surface area contributed by atoms with E-state index >= 15 is 0 Å². The van der Waals surface area contributed by atoms with Crippen molar-refractivity contribution in [1.82, 2.24) is 0 Å². The van der Waals surface area contributed by atoms with Gasteiger partial charge in [0.1, 0.15) is 0 Å². The molecule has 0 radical (unpaired) electrons. The maximum atomic E-state index is 13.8. The summed E-state index contributed by atoms with van der Waals surface area (Å²) in [5.41, 5.74) is 0.736. The summed E-state index contributed by atoms with van der Waals surface area (Å²) in [6.45, 7) is 6.20. The van der Waals surface area contributed by atoms with Crippen LogP contribution in [0.2, 0.25) is 0 Å². The Bertz CT molecular complexity index is 307. The number of benzene rings is 1. The summed E-state index contributed by atoms with van der Waals surface area (Å²) in [7, 11) is 1.49. The van der Waals surface area contributed by atoms with Gasteiger partial charge in [0.15, 0.2) is 11.6 Å². The van der Waals surface area contributed by atoms with E-state index in [-0.39, 0.29) is 11.7 Å². The molecule has 1 aromatic carbocycles. The molecule has 78 valence electrons. The molecule has 0 saturated heterocycles. The highest BCUT2D eigenvalue weighted by molar-refractivity contribution is 5.33. The lowest BCUT2D eigenvalue weighted by atomic mass is 9.90. The van der Waals surface area contributed by atoms with Crippen LogP contribution >= 0.6 is 0 Å². The van der Waals surface area contributed by atoms with Gasteiger partial charge >= 0.3 is 0 Å². The highest BCUT2D eigenvalue weighted by atomic mass is 19.1. The molecule has 0 aliphatic carbocycles. The van der Waals surface area contributed by atoms with Gasteiger partial charge in [0.2, 0.25) is 0 Å². The predicted molar refractivity (Wildman–Crippen MR) is 56.2 cm³/mol. The van der Waals surface area contributed by atoms with E-state index in [1.54, 1.807) is 6.07 Å². The molecule has 0 amide bonds. The molecule has 0 bridgehead atoms. The second-order valence-corrected chi connectivity index (χ2v) is 3.90. The molecule has 14 heavy (non-hydrogen) atoms. The van der Waals surface area contributed by atoms with Gasteiger partial charge in [0, 0.05) is 0 Å². The zero-order valence-electron chi connectivity index (χ0n) is 9.17. The molecule has 0 aromatic heterocycles. The fourth-order valence-electron chi connectivity index (χ4n) is 1.40. The Morgan fingerprint density at radius 2 is 1.86 bits per heavy atom. The number of hydrogen-bond donors (Lipinski definition) is 0. The smallest absolute Gasteiger partial charge is 0.168 e. The predicted octanol–water partition coefficient (Wildman–Crippen LogP) is 3.59. The first-order valence-electron chi connectivity index (χ1n) is 4.90. The molecule has 0 spiro atoms. The van der Waals surface area contributed by atoms with Crippen LogP contribution in [0.1, 0.15) is 32.3 Å². The van der Waals surface area contributed by atoms with Gasteiger partial charge in [-0.05, 0) is 23.5 Å². The first-order chi connectivity index (χ1) is 6.57. The van der Waals surface area contributed by atoms with Crippen molar-refractivity contribution in [3.05, 3.63) is 29.6 Å². The molecule has 0 aliphatic heterocycles. The van der Waals surface area contributed by atoms with Crippen molar-refractivity contribution in [3.63, 3.8) is 0 Å². The Morgan fingerprint density at radius 1 is 1.21 bits per heavy atom. The zero-order valence-corrected chi connectivity index (χ0v) is 9.17. The van der Waals surface area contributed by atoms with Crippen molar-refractivity contribution in [2.45, 2.75) is 26.7 Å². The lowest BCUT2D eigenvalue weighted by Gasteiger charge is -2.17. The maximum Gasteiger partial charge on any atom is 0.168 e. The van der Waals surface area contributed by atoms with Crippen LogP contribution in [0.15, 0.2) is 18.2 Å². The summed E-state index contributed by atoms with van der Waals surface area (Å²) in [5, 5.41) is 0. The summed E-state index contributed by atoms with van der Waals surface area (Å²) < 4.78 is 18.7.